The summed E-state index contributed by atoms with van der Waals surface area (Å²) in [4.78, 5) is 0. The molecule has 0 aromatic heterocycles. The Kier molecular flexibility index (Phi) is 8.51. The van der Waals surface area contributed by atoms with Crippen molar-refractivity contribution in [1.82, 2.24) is 0 Å². The summed E-state index contributed by atoms with van der Waals surface area (Å²) in [5.74, 6) is 0. The monoisotopic (exact) mass is 277 g/mol. The van der Waals surface area contributed by atoms with Crippen molar-refractivity contribution in [1.29, 1.82) is 0 Å². The van der Waals surface area contributed by atoms with Crippen LogP contribution in [0, 0.1) is 0 Å². The predicted octanol–water partition coefficient (Wildman–Crippen LogP) is 0.506. The second-order valence-corrected chi connectivity index (χ2v) is 4.42. The Morgan fingerprint density at radius 1 is 1.28 bits per heavy atom. The Hall–Kier alpha value is -0.990. The number of aliphatic hydroxyl groups excluding tert-OH is 1. The van der Waals surface area contributed by atoms with Crippen molar-refractivity contribution in [2.24, 2.45) is 5.73 Å². The van der Waals surface area contributed by atoms with Crippen LogP contribution in [0.15, 0.2) is 24.3 Å². The molecule has 0 bridgehead atoms. The van der Waals surface area contributed by atoms with E-state index in [2.05, 4.69) is 4.18 Å². The molecule has 0 heterocycles. The molecule has 1 aromatic carbocycles. The van der Waals surface area contributed by atoms with E-state index in [1.807, 2.05) is 19.1 Å². The highest BCUT2D eigenvalue weighted by molar-refractivity contribution is 7.80. The minimum atomic E-state index is -4.35. The maximum atomic E-state index is 10.3. The van der Waals surface area contributed by atoms with Gasteiger partial charge in [-0.1, -0.05) is 31.2 Å². The van der Waals surface area contributed by atoms with E-state index in [1.165, 1.54) is 0 Å². The third-order valence-electron chi connectivity index (χ3n) is 1.99. The minimum Gasteiger partial charge on any atom is -0.395 e. The van der Waals surface area contributed by atoms with E-state index in [1.54, 1.807) is 12.1 Å². The molecule has 0 spiro atoms. The molecule has 4 N–H and O–H groups in total. The molecule has 0 atom stereocenters. The highest BCUT2D eigenvalue weighted by atomic mass is 32.3. The molecular formula is C11H19NO5S. The molecule has 0 amide bonds. The van der Waals surface area contributed by atoms with E-state index < -0.39 is 10.4 Å². The summed E-state index contributed by atoms with van der Waals surface area (Å²) in [5, 5.41) is 7.75. The van der Waals surface area contributed by atoms with Gasteiger partial charge >= 0.3 is 10.4 Å². The van der Waals surface area contributed by atoms with Crippen LogP contribution in [0.3, 0.4) is 0 Å². The van der Waals surface area contributed by atoms with Crippen LogP contribution in [0.1, 0.15) is 18.1 Å². The van der Waals surface area contributed by atoms with E-state index in [4.69, 9.17) is 15.4 Å². The Balaban J connectivity index is 0.000000631. The van der Waals surface area contributed by atoms with E-state index in [0.717, 1.165) is 17.5 Å². The van der Waals surface area contributed by atoms with Gasteiger partial charge in [-0.25, -0.2) is 4.18 Å². The minimum absolute atomic E-state index is 0.0972. The van der Waals surface area contributed by atoms with Gasteiger partial charge in [-0.15, -0.1) is 0 Å². The fourth-order valence-electron chi connectivity index (χ4n) is 1.18. The van der Waals surface area contributed by atoms with Crippen LogP contribution < -0.4 is 5.73 Å². The zero-order chi connectivity index (χ0) is 14.0. The summed E-state index contributed by atoms with van der Waals surface area (Å²) in [7, 11) is -4.35. The van der Waals surface area contributed by atoms with Gasteiger partial charge in [0, 0.05) is 6.54 Å². The number of aryl methyl sites for hydroxylation is 1. The topological polar surface area (TPSA) is 110 Å². The maximum Gasteiger partial charge on any atom is 0.397 e. The molecule has 0 saturated carbocycles. The fraction of sp³-hybridized carbons (Fsp3) is 0.455. The van der Waals surface area contributed by atoms with Crippen molar-refractivity contribution < 1.29 is 22.3 Å². The average Bonchev–Trinajstić information content (AvgIpc) is 2.36. The largest absolute Gasteiger partial charge is 0.397 e. The van der Waals surface area contributed by atoms with Crippen molar-refractivity contribution in [2.75, 3.05) is 13.2 Å². The zero-order valence-electron chi connectivity index (χ0n) is 10.2. The van der Waals surface area contributed by atoms with Crippen LogP contribution in [0.2, 0.25) is 0 Å². The fourth-order valence-corrected chi connectivity index (χ4v) is 1.46. The van der Waals surface area contributed by atoms with Crippen molar-refractivity contribution in [3.05, 3.63) is 35.4 Å². The van der Waals surface area contributed by atoms with Crippen LogP contribution in [-0.4, -0.2) is 31.2 Å². The van der Waals surface area contributed by atoms with Gasteiger partial charge < -0.3 is 10.8 Å². The van der Waals surface area contributed by atoms with E-state index >= 15 is 0 Å². The molecule has 0 aliphatic heterocycles. The van der Waals surface area contributed by atoms with Gasteiger partial charge in [0.15, 0.2) is 0 Å². The number of benzene rings is 1. The van der Waals surface area contributed by atoms with E-state index in [0.29, 0.717) is 6.54 Å². The van der Waals surface area contributed by atoms with Crippen molar-refractivity contribution >= 4 is 10.4 Å². The molecule has 1 aromatic rings. The number of rotatable bonds is 5. The van der Waals surface area contributed by atoms with Crippen molar-refractivity contribution in [2.45, 2.75) is 20.0 Å². The third kappa shape index (κ3) is 8.15. The first-order valence-electron chi connectivity index (χ1n) is 5.44. The van der Waals surface area contributed by atoms with Crippen LogP contribution in [0.4, 0.5) is 0 Å². The number of hydrogen-bond donors (Lipinski definition) is 3. The third-order valence-corrected chi connectivity index (χ3v) is 2.41. The van der Waals surface area contributed by atoms with Gasteiger partial charge in [-0.2, -0.15) is 8.42 Å². The summed E-state index contributed by atoms with van der Waals surface area (Å²) >= 11 is 0. The molecule has 7 heteroatoms. The Morgan fingerprint density at radius 2 is 1.78 bits per heavy atom. The molecule has 104 valence electrons. The first-order chi connectivity index (χ1) is 8.44. The van der Waals surface area contributed by atoms with Gasteiger partial charge in [0.2, 0.25) is 0 Å². The lowest BCUT2D eigenvalue weighted by atomic mass is 10.1. The Bertz CT molecular complexity index is 431. The van der Waals surface area contributed by atoms with Crippen LogP contribution >= 0.6 is 0 Å². The van der Waals surface area contributed by atoms with Gasteiger partial charge in [0.1, 0.15) is 0 Å². The zero-order valence-corrected chi connectivity index (χ0v) is 11.1. The van der Waals surface area contributed by atoms with Crippen molar-refractivity contribution in [3.63, 3.8) is 0 Å². The molecule has 1 rings (SSSR count). The summed E-state index contributed by atoms with van der Waals surface area (Å²) in [5.41, 5.74) is 6.56. The molecule has 0 radical (unpaired) electrons. The van der Waals surface area contributed by atoms with Gasteiger partial charge in [-0.3, -0.25) is 4.55 Å². The smallest absolute Gasteiger partial charge is 0.395 e. The predicted molar refractivity (Wildman–Crippen MR) is 68.3 cm³/mol. The van der Waals surface area contributed by atoms with Crippen LogP contribution in [-0.2, 0) is 27.6 Å². The first-order valence-corrected chi connectivity index (χ1v) is 6.80. The summed E-state index contributed by atoms with van der Waals surface area (Å²) < 4.78 is 33.4. The molecular weight excluding hydrogens is 258 g/mol. The molecule has 0 unspecified atom stereocenters. The molecule has 0 fully saturated rings. The second-order valence-electron chi connectivity index (χ2n) is 3.32. The molecule has 0 aliphatic carbocycles. The van der Waals surface area contributed by atoms with Gasteiger partial charge in [0.05, 0.1) is 13.2 Å². The number of hydrogen-bond acceptors (Lipinski definition) is 5. The molecule has 18 heavy (non-hydrogen) atoms. The summed E-state index contributed by atoms with van der Waals surface area (Å²) in [6.07, 6.45) is 0.797. The standard InChI is InChI=1S/C9H12O4S.C2H7NO/c1-2-8-5-3-4-6-9(8)7-13-14(10,11)12;3-1-2-4/h3-6H,2,7H2,1H3,(H,10,11,12);4H,1-3H2. The quantitative estimate of drug-likeness (QED) is 0.676. The van der Waals surface area contributed by atoms with Crippen molar-refractivity contribution in [3.8, 4) is 0 Å². The lowest BCUT2D eigenvalue weighted by Crippen LogP contribution is -2.04. The number of aliphatic hydroxyl groups is 1. The first kappa shape index (κ1) is 17.0. The molecule has 6 nitrogen and oxygen atoms in total. The normalized spacial score (nSPS) is 10.7. The molecule has 0 aliphatic rings. The van der Waals surface area contributed by atoms with E-state index in [9.17, 15) is 8.42 Å². The SMILES string of the molecule is CCc1ccccc1COS(=O)(=O)O.NCCO. The number of nitrogens with two attached hydrogens (primary N) is 1. The Morgan fingerprint density at radius 3 is 2.17 bits per heavy atom. The lowest BCUT2D eigenvalue weighted by molar-refractivity contribution is 0.259. The van der Waals surface area contributed by atoms with Gasteiger partial charge in [0.25, 0.3) is 0 Å². The lowest BCUT2D eigenvalue weighted by Gasteiger charge is -2.05. The van der Waals surface area contributed by atoms with Crippen LogP contribution in [0.5, 0.6) is 0 Å². The van der Waals surface area contributed by atoms with E-state index in [-0.39, 0.29) is 13.2 Å². The highest BCUT2D eigenvalue weighted by Crippen LogP contribution is 2.11. The van der Waals surface area contributed by atoms with Gasteiger partial charge in [-0.05, 0) is 17.5 Å². The highest BCUT2D eigenvalue weighted by Gasteiger charge is 2.06. The maximum absolute atomic E-state index is 10.3. The van der Waals surface area contributed by atoms with Crippen LogP contribution in [0.25, 0.3) is 0 Å². The Labute approximate surface area is 107 Å². The summed E-state index contributed by atoms with van der Waals surface area (Å²) in [6, 6.07) is 7.32. The second kappa shape index (κ2) is 9.01. The summed E-state index contributed by atoms with van der Waals surface area (Å²) in [6.45, 7) is 2.31. The average molecular weight is 277 g/mol. The molecule has 0 saturated heterocycles.